The zero-order chi connectivity index (χ0) is 15.5. The minimum absolute atomic E-state index is 0.0527. The average molecular weight is 299 g/mol. The van der Waals surface area contributed by atoms with Gasteiger partial charge in [0, 0.05) is 6.07 Å². The van der Waals surface area contributed by atoms with E-state index in [4.69, 9.17) is 8.83 Å². The molecule has 1 amide bonds. The van der Waals surface area contributed by atoms with Gasteiger partial charge in [0.25, 0.3) is 5.91 Å². The van der Waals surface area contributed by atoms with Gasteiger partial charge in [-0.05, 0) is 24.3 Å². The van der Waals surface area contributed by atoms with Crippen LogP contribution in [0.3, 0.4) is 0 Å². The van der Waals surface area contributed by atoms with Gasteiger partial charge in [0.2, 0.25) is 0 Å². The monoisotopic (exact) mass is 299 g/mol. The van der Waals surface area contributed by atoms with Gasteiger partial charge in [-0.1, -0.05) is 12.1 Å². The Bertz CT molecular complexity index is 850. The molecule has 0 aliphatic carbocycles. The molecule has 2 N–H and O–H groups in total. The summed E-state index contributed by atoms with van der Waals surface area (Å²) in [4.78, 5) is 24.0. The highest BCUT2D eigenvalue weighted by molar-refractivity contribution is 5.93. The second-order valence-corrected chi connectivity index (χ2v) is 4.71. The summed E-state index contributed by atoms with van der Waals surface area (Å²) < 4.78 is 10.4. The number of para-hydroxylation sites is 1. The molecule has 3 rings (SSSR count). The van der Waals surface area contributed by atoms with Crippen LogP contribution in [0.15, 0.2) is 62.4 Å². The van der Waals surface area contributed by atoms with Crippen LogP contribution in [0.2, 0.25) is 0 Å². The third-order valence-corrected chi connectivity index (χ3v) is 3.19. The van der Waals surface area contributed by atoms with Crippen LogP contribution >= 0.6 is 0 Å². The van der Waals surface area contributed by atoms with E-state index < -0.39 is 12.0 Å². The van der Waals surface area contributed by atoms with Gasteiger partial charge < -0.3 is 19.3 Å². The van der Waals surface area contributed by atoms with Crippen LogP contribution in [0.25, 0.3) is 11.0 Å². The Hall–Kier alpha value is -2.86. The van der Waals surface area contributed by atoms with Gasteiger partial charge in [-0.2, -0.15) is 0 Å². The van der Waals surface area contributed by atoms with Gasteiger partial charge in [0.15, 0.2) is 11.2 Å². The lowest BCUT2D eigenvalue weighted by molar-refractivity contribution is 0.0875. The van der Waals surface area contributed by atoms with Crippen molar-refractivity contribution in [2.75, 3.05) is 6.54 Å². The van der Waals surface area contributed by atoms with E-state index in [0.717, 1.165) is 6.07 Å². The van der Waals surface area contributed by atoms with E-state index in [1.807, 2.05) is 0 Å². The lowest BCUT2D eigenvalue weighted by Gasteiger charge is -2.09. The zero-order valence-corrected chi connectivity index (χ0v) is 11.5. The molecule has 0 saturated heterocycles. The van der Waals surface area contributed by atoms with Gasteiger partial charge in [0.1, 0.15) is 17.4 Å². The molecule has 2 aromatic heterocycles. The normalized spacial score (nSPS) is 12.2. The number of carbonyl (C=O) groups excluding carboxylic acids is 1. The lowest BCUT2D eigenvalue weighted by atomic mass is 10.2. The van der Waals surface area contributed by atoms with Gasteiger partial charge in [-0.3, -0.25) is 9.59 Å². The predicted octanol–water partition coefficient (Wildman–Crippen LogP) is 1.85. The smallest absolute Gasteiger partial charge is 0.287 e. The SMILES string of the molecule is O=C(NCC(O)c1ccco1)c1cc(=O)c2ccccc2o1. The van der Waals surface area contributed by atoms with Crippen LogP contribution in [-0.2, 0) is 0 Å². The Kier molecular flexibility index (Phi) is 3.76. The number of aliphatic hydroxyl groups is 1. The summed E-state index contributed by atoms with van der Waals surface area (Å²) >= 11 is 0. The molecule has 6 nitrogen and oxygen atoms in total. The van der Waals surface area contributed by atoms with Crippen LogP contribution in [0, 0.1) is 0 Å². The summed E-state index contributed by atoms with van der Waals surface area (Å²) in [5, 5.41) is 12.7. The largest absolute Gasteiger partial charge is 0.467 e. The highest BCUT2D eigenvalue weighted by Crippen LogP contribution is 2.13. The number of benzene rings is 1. The first kappa shape index (κ1) is 14.1. The number of fused-ring (bicyclic) bond motifs is 1. The molecule has 3 aromatic rings. The standard InChI is InChI=1S/C16H13NO5/c18-11-8-15(22-13-5-2-1-4-10(11)13)16(20)17-9-12(19)14-6-3-7-21-14/h1-8,12,19H,9H2,(H,17,20). The van der Waals surface area contributed by atoms with Crippen molar-refractivity contribution in [3.63, 3.8) is 0 Å². The third kappa shape index (κ3) is 2.77. The quantitative estimate of drug-likeness (QED) is 0.767. The molecule has 0 aliphatic heterocycles. The number of rotatable bonds is 4. The Morgan fingerprint density at radius 1 is 1.23 bits per heavy atom. The second kappa shape index (κ2) is 5.87. The van der Waals surface area contributed by atoms with Crippen molar-refractivity contribution in [2.24, 2.45) is 0 Å². The fourth-order valence-corrected chi connectivity index (χ4v) is 2.07. The maximum atomic E-state index is 12.0. The molecule has 1 atom stereocenters. The van der Waals surface area contributed by atoms with Crippen molar-refractivity contribution < 1.29 is 18.7 Å². The Labute approximate surface area is 125 Å². The average Bonchev–Trinajstić information content (AvgIpc) is 3.06. The van der Waals surface area contributed by atoms with Crippen molar-refractivity contribution >= 4 is 16.9 Å². The minimum atomic E-state index is -0.967. The number of hydrogen-bond donors (Lipinski definition) is 2. The predicted molar refractivity (Wildman–Crippen MR) is 78.5 cm³/mol. The molecule has 2 heterocycles. The fourth-order valence-electron chi connectivity index (χ4n) is 2.07. The number of aliphatic hydroxyl groups excluding tert-OH is 1. The van der Waals surface area contributed by atoms with Gasteiger partial charge in [-0.25, -0.2) is 0 Å². The molecule has 1 aromatic carbocycles. The lowest BCUT2D eigenvalue weighted by Crippen LogP contribution is -2.28. The first-order valence-corrected chi connectivity index (χ1v) is 6.68. The summed E-state index contributed by atoms with van der Waals surface area (Å²) in [5.41, 5.74) is 0.0466. The molecule has 0 aliphatic rings. The molecular formula is C16H13NO5. The zero-order valence-electron chi connectivity index (χ0n) is 11.5. The van der Waals surface area contributed by atoms with E-state index in [0.29, 0.717) is 16.7 Å². The topological polar surface area (TPSA) is 92.7 Å². The Morgan fingerprint density at radius 2 is 2.05 bits per heavy atom. The van der Waals surface area contributed by atoms with Crippen LogP contribution in [0.4, 0.5) is 0 Å². The molecular weight excluding hydrogens is 286 g/mol. The van der Waals surface area contributed by atoms with Gasteiger partial charge in [-0.15, -0.1) is 0 Å². The van der Waals surface area contributed by atoms with E-state index in [1.54, 1.807) is 36.4 Å². The van der Waals surface area contributed by atoms with Crippen LogP contribution in [-0.4, -0.2) is 17.6 Å². The molecule has 112 valence electrons. The van der Waals surface area contributed by atoms with Gasteiger partial charge in [0.05, 0.1) is 18.2 Å². The van der Waals surface area contributed by atoms with E-state index in [9.17, 15) is 14.7 Å². The van der Waals surface area contributed by atoms with Crippen molar-refractivity contribution in [1.82, 2.24) is 5.32 Å². The van der Waals surface area contributed by atoms with Gasteiger partial charge >= 0.3 is 0 Å². The summed E-state index contributed by atoms with van der Waals surface area (Å²) in [5.74, 6) is -0.330. The molecule has 0 bridgehead atoms. The Morgan fingerprint density at radius 3 is 2.82 bits per heavy atom. The van der Waals surface area contributed by atoms with E-state index in [2.05, 4.69) is 5.32 Å². The molecule has 1 unspecified atom stereocenters. The van der Waals surface area contributed by atoms with Crippen molar-refractivity contribution in [1.29, 1.82) is 0 Å². The number of amides is 1. The van der Waals surface area contributed by atoms with E-state index in [1.165, 1.54) is 6.26 Å². The van der Waals surface area contributed by atoms with E-state index >= 15 is 0 Å². The van der Waals surface area contributed by atoms with Crippen LogP contribution in [0.5, 0.6) is 0 Å². The maximum Gasteiger partial charge on any atom is 0.287 e. The molecule has 0 fully saturated rings. The summed E-state index contributed by atoms with van der Waals surface area (Å²) in [7, 11) is 0. The number of furan rings is 1. The summed E-state index contributed by atoms with van der Waals surface area (Å²) in [6.07, 6.45) is 0.467. The highest BCUT2D eigenvalue weighted by Gasteiger charge is 2.15. The van der Waals surface area contributed by atoms with Crippen LogP contribution < -0.4 is 10.7 Å². The Balaban J connectivity index is 1.76. The number of carbonyl (C=O) groups is 1. The first-order chi connectivity index (χ1) is 10.6. The molecule has 0 radical (unpaired) electrons. The maximum absolute atomic E-state index is 12.0. The van der Waals surface area contributed by atoms with Crippen molar-refractivity contribution in [3.8, 4) is 0 Å². The fraction of sp³-hybridized carbons (Fsp3) is 0.125. The van der Waals surface area contributed by atoms with Crippen LogP contribution in [0.1, 0.15) is 22.4 Å². The number of nitrogens with one attached hydrogen (secondary N) is 1. The molecule has 0 saturated carbocycles. The first-order valence-electron chi connectivity index (χ1n) is 6.68. The summed E-state index contributed by atoms with van der Waals surface area (Å²) in [6.45, 7) is -0.0527. The van der Waals surface area contributed by atoms with Crippen molar-refractivity contribution in [3.05, 3.63) is 70.5 Å². The molecule has 22 heavy (non-hydrogen) atoms. The molecule has 6 heteroatoms. The van der Waals surface area contributed by atoms with E-state index in [-0.39, 0.29) is 17.7 Å². The highest BCUT2D eigenvalue weighted by atomic mass is 16.4. The molecule has 0 spiro atoms. The van der Waals surface area contributed by atoms with Crippen molar-refractivity contribution in [2.45, 2.75) is 6.10 Å². The number of hydrogen-bond acceptors (Lipinski definition) is 5. The minimum Gasteiger partial charge on any atom is -0.467 e. The summed E-state index contributed by atoms with van der Waals surface area (Å²) in [6, 6.07) is 11.1. The third-order valence-electron chi connectivity index (χ3n) is 3.19. The second-order valence-electron chi connectivity index (χ2n) is 4.71.